The molecule has 1 aromatic heterocycles. The third-order valence-electron chi connectivity index (χ3n) is 1.83. The van der Waals surface area contributed by atoms with Crippen molar-refractivity contribution in [2.24, 2.45) is 0 Å². The van der Waals surface area contributed by atoms with Gasteiger partial charge in [0.05, 0.1) is 12.2 Å². The third-order valence-corrected chi connectivity index (χ3v) is 1.83. The molecule has 1 rings (SSSR count). The first kappa shape index (κ1) is 11.7. The van der Waals surface area contributed by atoms with Crippen LogP contribution in [0, 0.1) is 10.1 Å². The summed E-state index contributed by atoms with van der Waals surface area (Å²) in [4.78, 5) is 9.75. The molecule has 6 nitrogen and oxygen atoms in total. The van der Waals surface area contributed by atoms with Gasteiger partial charge in [0.1, 0.15) is 17.3 Å². The van der Waals surface area contributed by atoms with Crippen molar-refractivity contribution >= 4 is 5.88 Å². The van der Waals surface area contributed by atoms with Crippen LogP contribution in [0.15, 0.2) is 16.5 Å². The van der Waals surface area contributed by atoms with Crippen LogP contribution in [0.5, 0.6) is 0 Å². The van der Waals surface area contributed by atoms with Crippen LogP contribution in [0.3, 0.4) is 0 Å². The van der Waals surface area contributed by atoms with E-state index < -0.39 is 4.92 Å². The summed E-state index contributed by atoms with van der Waals surface area (Å²) in [5.41, 5.74) is 0. The van der Waals surface area contributed by atoms with Crippen molar-refractivity contribution < 1.29 is 14.1 Å². The van der Waals surface area contributed by atoms with E-state index in [1.165, 1.54) is 6.07 Å². The summed E-state index contributed by atoms with van der Waals surface area (Å²) < 4.78 is 10.3. The molecule has 0 aliphatic carbocycles. The molecule has 15 heavy (non-hydrogen) atoms. The Kier molecular flexibility index (Phi) is 4.26. The number of furan rings is 1. The van der Waals surface area contributed by atoms with Crippen LogP contribution in [0.25, 0.3) is 0 Å². The molecule has 0 aliphatic rings. The highest BCUT2D eigenvalue weighted by molar-refractivity contribution is 5.17. The second-order valence-corrected chi connectivity index (χ2v) is 3.18. The van der Waals surface area contributed by atoms with Crippen LogP contribution >= 0.6 is 0 Å². The number of hydrogen-bond donors (Lipinski definition) is 1. The molecule has 1 N–H and O–H groups in total. The van der Waals surface area contributed by atoms with Gasteiger partial charge in [0.2, 0.25) is 0 Å². The van der Waals surface area contributed by atoms with E-state index in [0.717, 1.165) is 6.54 Å². The van der Waals surface area contributed by atoms with E-state index in [4.69, 9.17) is 9.15 Å². The second-order valence-electron chi connectivity index (χ2n) is 3.18. The summed E-state index contributed by atoms with van der Waals surface area (Å²) in [5, 5.41) is 13.3. The van der Waals surface area contributed by atoms with Gasteiger partial charge in [-0.2, -0.15) is 0 Å². The summed E-state index contributed by atoms with van der Waals surface area (Å²) in [5.74, 6) is 0.208. The first-order valence-electron chi connectivity index (χ1n) is 4.62. The molecule has 0 fully saturated rings. The summed E-state index contributed by atoms with van der Waals surface area (Å²) >= 11 is 0. The van der Waals surface area contributed by atoms with Crippen molar-refractivity contribution in [3.8, 4) is 0 Å². The molecule has 84 valence electrons. The molecule has 0 spiro atoms. The fourth-order valence-corrected chi connectivity index (χ4v) is 1.11. The van der Waals surface area contributed by atoms with Gasteiger partial charge in [-0.3, -0.25) is 10.1 Å². The summed E-state index contributed by atoms with van der Waals surface area (Å²) in [6.07, 6.45) is 0.0409. The molecule has 0 saturated heterocycles. The van der Waals surface area contributed by atoms with Crippen molar-refractivity contribution in [2.75, 3.05) is 13.6 Å². The van der Waals surface area contributed by atoms with E-state index >= 15 is 0 Å². The number of ether oxygens (including phenoxy) is 1. The Bertz CT molecular complexity index is 324. The fraction of sp³-hybridized carbons (Fsp3) is 0.556. The largest absolute Gasteiger partial charge is 0.433 e. The van der Waals surface area contributed by atoms with Gasteiger partial charge >= 0.3 is 5.88 Å². The standard InChI is InChI=1S/C9H14N2O4/c1-7(5-10-2)14-6-8-3-4-9(15-8)11(12)13/h3-4,7,10H,5-6H2,1-2H3. The Hall–Kier alpha value is -1.40. The maximum absolute atomic E-state index is 10.3. The highest BCUT2D eigenvalue weighted by Crippen LogP contribution is 2.16. The molecule has 1 aromatic rings. The lowest BCUT2D eigenvalue weighted by atomic mass is 10.4. The zero-order valence-corrected chi connectivity index (χ0v) is 8.73. The topological polar surface area (TPSA) is 77.5 Å². The number of hydrogen-bond acceptors (Lipinski definition) is 5. The van der Waals surface area contributed by atoms with Crippen LogP contribution < -0.4 is 5.32 Å². The minimum atomic E-state index is -0.569. The summed E-state index contributed by atoms with van der Waals surface area (Å²) in [6, 6.07) is 2.87. The van der Waals surface area contributed by atoms with Crippen molar-refractivity contribution in [2.45, 2.75) is 19.6 Å². The number of nitro groups is 1. The number of likely N-dealkylation sites (N-methyl/N-ethyl adjacent to an activating group) is 1. The number of nitrogens with one attached hydrogen (secondary N) is 1. The molecule has 0 radical (unpaired) electrons. The van der Waals surface area contributed by atoms with Crippen LogP contribution in [0.4, 0.5) is 5.88 Å². The molecule has 1 atom stereocenters. The first-order valence-corrected chi connectivity index (χ1v) is 4.62. The fourth-order valence-electron chi connectivity index (χ4n) is 1.11. The SMILES string of the molecule is CNCC(C)OCc1ccc([N+](=O)[O-])o1. The molecule has 0 amide bonds. The average molecular weight is 214 g/mol. The number of rotatable bonds is 6. The van der Waals surface area contributed by atoms with Crippen LogP contribution in [0.1, 0.15) is 12.7 Å². The molecule has 6 heteroatoms. The van der Waals surface area contributed by atoms with Crippen molar-refractivity contribution in [3.63, 3.8) is 0 Å². The second kappa shape index (κ2) is 5.47. The maximum atomic E-state index is 10.3. The molecule has 0 saturated carbocycles. The van der Waals surface area contributed by atoms with Crippen LogP contribution in [0.2, 0.25) is 0 Å². The Balaban J connectivity index is 2.40. The zero-order chi connectivity index (χ0) is 11.3. The summed E-state index contributed by atoms with van der Waals surface area (Å²) in [6.45, 7) is 2.88. The van der Waals surface area contributed by atoms with Gasteiger partial charge in [-0.15, -0.1) is 0 Å². The molecule has 1 heterocycles. The smallest absolute Gasteiger partial charge is 0.403 e. The van der Waals surface area contributed by atoms with Crippen molar-refractivity contribution in [1.29, 1.82) is 0 Å². The lowest BCUT2D eigenvalue weighted by Crippen LogP contribution is -2.23. The quantitative estimate of drug-likeness (QED) is 0.570. The van der Waals surface area contributed by atoms with Gasteiger partial charge in [0, 0.05) is 6.54 Å². The van der Waals surface area contributed by atoms with Crippen molar-refractivity contribution in [3.05, 3.63) is 28.0 Å². The van der Waals surface area contributed by atoms with Gasteiger partial charge in [-0.25, -0.2) is 0 Å². The predicted octanol–water partition coefficient (Wildman–Crippen LogP) is 1.31. The van der Waals surface area contributed by atoms with E-state index in [2.05, 4.69) is 5.32 Å². The molecule has 0 bridgehead atoms. The normalized spacial score (nSPS) is 12.7. The Morgan fingerprint density at radius 1 is 1.67 bits per heavy atom. The third kappa shape index (κ3) is 3.69. The van der Waals surface area contributed by atoms with Gasteiger partial charge in [0.25, 0.3) is 0 Å². The Labute approximate surface area is 87.4 Å². The van der Waals surface area contributed by atoms with E-state index in [-0.39, 0.29) is 18.6 Å². The van der Waals surface area contributed by atoms with Gasteiger partial charge in [-0.1, -0.05) is 0 Å². The predicted molar refractivity (Wildman–Crippen MR) is 53.5 cm³/mol. The van der Waals surface area contributed by atoms with E-state index in [0.29, 0.717) is 5.76 Å². The lowest BCUT2D eigenvalue weighted by molar-refractivity contribution is -0.402. The Morgan fingerprint density at radius 2 is 2.40 bits per heavy atom. The van der Waals surface area contributed by atoms with Gasteiger partial charge < -0.3 is 14.5 Å². The van der Waals surface area contributed by atoms with E-state index in [9.17, 15) is 10.1 Å². The van der Waals surface area contributed by atoms with E-state index in [1.807, 2.05) is 14.0 Å². The molecular weight excluding hydrogens is 200 g/mol. The molecule has 1 unspecified atom stereocenters. The molecule has 0 aromatic carbocycles. The van der Waals surface area contributed by atoms with Gasteiger partial charge in [-0.05, 0) is 20.0 Å². The van der Waals surface area contributed by atoms with Crippen molar-refractivity contribution in [1.82, 2.24) is 5.32 Å². The molecule has 0 aliphatic heterocycles. The highest BCUT2D eigenvalue weighted by Gasteiger charge is 2.12. The van der Waals surface area contributed by atoms with Crippen LogP contribution in [-0.4, -0.2) is 24.6 Å². The zero-order valence-electron chi connectivity index (χ0n) is 8.73. The monoisotopic (exact) mass is 214 g/mol. The first-order chi connectivity index (χ1) is 7.13. The Morgan fingerprint density at radius 3 is 2.93 bits per heavy atom. The lowest BCUT2D eigenvalue weighted by Gasteiger charge is -2.10. The van der Waals surface area contributed by atoms with E-state index in [1.54, 1.807) is 6.07 Å². The highest BCUT2D eigenvalue weighted by atomic mass is 16.6. The summed E-state index contributed by atoms with van der Waals surface area (Å²) in [7, 11) is 1.83. The van der Waals surface area contributed by atoms with Gasteiger partial charge in [0.15, 0.2) is 0 Å². The minimum absolute atomic E-state index is 0.0409. The molecular formula is C9H14N2O4. The maximum Gasteiger partial charge on any atom is 0.433 e. The minimum Gasteiger partial charge on any atom is -0.403 e. The van der Waals surface area contributed by atoms with Crippen LogP contribution in [-0.2, 0) is 11.3 Å². The number of nitrogens with zero attached hydrogens (tertiary/aromatic N) is 1. The average Bonchev–Trinajstić information content (AvgIpc) is 2.63.